The van der Waals surface area contributed by atoms with Gasteiger partial charge in [0.05, 0.1) is 17.6 Å². The number of thiocarbonyl (C=S) groups is 1. The summed E-state index contributed by atoms with van der Waals surface area (Å²) in [5.74, 6) is -0.535. The summed E-state index contributed by atoms with van der Waals surface area (Å²) in [4.78, 5) is 38.9. The molecule has 8 heteroatoms. The summed E-state index contributed by atoms with van der Waals surface area (Å²) in [7, 11) is 1.34. The van der Waals surface area contributed by atoms with Crippen LogP contribution in [0.15, 0.2) is 71.6 Å². The Kier molecular flexibility index (Phi) is 8.51. The topological polar surface area (TPSA) is 75.7 Å². The Morgan fingerprint density at radius 1 is 1.00 bits per heavy atom. The number of rotatable bonds is 9. The van der Waals surface area contributed by atoms with Gasteiger partial charge in [-0.25, -0.2) is 4.79 Å². The van der Waals surface area contributed by atoms with Gasteiger partial charge in [-0.15, -0.1) is 0 Å². The van der Waals surface area contributed by atoms with Crippen molar-refractivity contribution in [2.75, 3.05) is 19.0 Å². The van der Waals surface area contributed by atoms with Gasteiger partial charge in [-0.05, 0) is 59.5 Å². The highest BCUT2D eigenvalue weighted by Gasteiger charge is 2.31. The lowest BCUT2D eigenvalue weighted by Crippen LogP contribution is -2.29. The lowest BCUT2D eigenvalue weighted by molar-refractivity contribution is -0.122. The zero-order valence-corrected chi connectivity index (χ0v) is 21.5. The van der Waals surface area contributed by atoms with Crippen LogP contribution in [0.5, 0.6) is 0 Å². The van der Waals surface area contributed by atoms with E-state index in [0.717, 1.165) is 41.3 Å². The van der Waals surface area contributed by atoms with Crippen molar-refractivity contribution in [2.45, 2.75) is 25.7 Å². The first-order chi connectivity index (χ1) is 17.4. The van der Waals surface area contributed by atoms with Crippen molar-refractivity contribution in [3.05, 3.63) is 82.8 Å². The van der Waals surface area contributed by atoms with Gasteiger partial charge in [-0.2, -0.15) is 0 Å². The van der Waals surface area contributed by atoms with Crippen LogP contribution in [0.4, 0.5) is 5.69 Å². The summed E-state index contributed by atoms with van der Waals surface area (Å²) in [5.41, 5.74) is 2.05. The number of benzene rings is 3. The van der Waals surface area contributed by atoms with Gasteiger partial charge in [0.15, 0.2) is 0 Å². The highest BCUT2D eigenvalue weighted by molar-refractivity contribution is 8.26. The number of hydrogen-bond acceptors (Lipinski definition) is 6. The molecule has 1 heterocycles. The van der Waals surface area contributed by atoms with Crippen molar-refractivity contribution in [3.8, 4) is 0 Å². The monoisotopic (exact) mass is 518 g/mol. The molecule has 0 aromatic heterocycles. The minimum atomic E-state index is -0.404. The van der Waals surface area contributed by atoms with Gasteiger partial charge in [-0.3, -0.25) is 14.5 Å². The van der Waals surface area contributed by atoms with E-state index in [1.807, 2.05) is 42.5 Å². The maximum atomic E-state index is 12.8. The number of anilines is 1. The summed E-state index contributed by atoms with van der Waals surface area (Å²) in [6.07, 6.45) is 4.51. The fourth-order valence-corrected chi connectivity index (χ4v) is 5.21. The van der Waals surface area contributed by atoms with Crippen LogP contribution < -0.4 is 5.32 Å². The predicted molar refractivity (Wildman–Crippen MR) is 149 cm³/mol. The highest BCUT2D eigenvalue weighted by Crippen LogP contribution is 2.33. The lowest BCUT2D eigenvalue weighted by atomic mass is 10.1. The number of carbonyl (C=O) groups is 3. The Bertz CT molecular complexity index is 1330. The summed E-state index contributed by atoms with van der Waals surface area (Å²) >= 11 is 6.68. The molecule has 1 aliphatic heterocycles. The van der Waals surface area contributed by atoms with E-state index in [2.05, 4.69) is 5.32 Å². The number of thioether (sulfide) groups is 1. The molecule has 4 rings (SSSR count). The third-order valence-electron chi connectivity index (χ3n) is 5.82. The molecule has 0 atom stereocenters. The number of esters is 1. The molecule has 0 saturated carbocycles. The zero-order chi connectivity index (χ0) is 25.5. The molecule has 0 bridgehead atoms. The SMILES string of the molecule is COC(=O)c1ccc(C=C2SC(=S)N(CCCCCC(=O)Nc3ccc4ccccc4c3)C2=O)cc1. The normalized spacial score (nSPS) is 14.5. The largest absolute Gasteiger partial charge is 0.465 e. The average molecular weight is 519 g/mol. The number of amides is 2. The molecule has 3 aromatic carbocycles. The van der Waals surface area contributed by atoms with Crippen LogP contribution in [0.2, 0.25) is 0 Å². The number of hydrogen-bond donors (Lipinski definition) is 1. The first-order valence-corrected chi connectivity index (χ1v) is 12.9. The van der Waals surface area contributed by atoms with E-state index in [0.29, 0.717) is 27.8 Å². The second-order valence-electron chi connectivity index (χ2n) is 8.37. The Hall–Kier alpha value is -3.49. The average Bonchev–Trinajstić information content (AvgIpc) is 3.15. The molecule has 0 spiro atoms. The van der Waals surface area contributed by atoms with Gasteiger partial charge in [0, 0.05) is 18.7 Å². The van der Waals surface area contributed by atoms with Gasteiger partial charge in [0.1, 0.15) is 4.32 Å². The first kappa shape index (κ1) is 25.6. The maximum Gasteiger partial charge on any atom is 0.337 e. The van der Waals surface area contributed by atoms with E-state index >= 15 is 0 Å². The summed E-state index contributed by atoms with van der Waals surface area (Å²) in [6, 6.07) is 20.8. The molecule has 0 radical (unpaired) electrons. The van der Waals surface area contributed by atoms with Gasteiger partial charge in [-0.1, -0.05) is 72.9 Å². The van der Waals surface area contributed by atoms with Crippen LogP contribution in [0.25, 0.3) is 16.8 Å². The lowest BCUT2D eigenvalue weighted by Gasteiger charge is -2.14. The van der Waals surface area contributed by atoms with Gasteiger partial charge >= 0.3 is 5.97 Å². The van der Waals surface area contributed by atoms with Crippen molar-refractivity contribution < 1.29 is 19.1 Å². The van der Waals surface area contributed by atoms with Gasteiger partial charge in [0.2, 0.25) is 5.91 Å². The molecule has 6 nitrogen and oxygen atoms in total. The number of unbranched alkanes of at least 4 members (excludes halogenated alkanes) is 2. The van der Waals surface area contributed by atoms with Gasteiger partial charge in [0.25, 0.3) is 5.91 Å². The molecule has 0 aliphatic carbocycles. The molecule has 2 amide bonds. The second-order valence-corrected chi connectivity index (χ2v) is 10.0. The van der Waals surface area contributed by atoms with Crippen molar-refractivity contribution in [3.63, 3.8) is 0 Å². The molecule has 1 saturated heterocycles. The Labute approximate surface area is 219 Å². The van der Waals surface area contributed by atoms with E-state index in [1.165, 1.54) is 18.9 Å². The van der Waals surface area contributed by atoms with Crippen LogP contribution in [0.3, 0.4) is 0 Å². The molecule has 36 heavy (non-hydrogen) atoms. The second kappa shape index (κ2) is 12.0. The van der Waals surface area contributed by atoms with Crippen LogP contribution in [0, 0.1) is 0 Å². The third-order valence-corrected chi connectivity index (χ3v) is 7.20. The predicted octanol–water partition coefficient (Wildman–Crippen LogP) is 6.03. The standard InChI is InChI=1S/C28H26N2O4S2/c1-34-27(33)21-12-10-19(11-13-21)17-24-26(32)30(28(35)36-24)16-6-2-3-9-25(31)29-23-15-14-20-7-4-5-8-22(20)18-23/h4-5,7-8,10-15,17-18H,2-3,6,9,16H2,1H3,(H,29,31). The summed E-state index contributed by atoms with van der Waals surface area (Å²) in [6.45, 7) is 0.523. The molecule has 3 aromatic rings. The number of ether oxygens (including phenoxy) is 1. The minimum absolute atomic E-state index is 0.0166. The van der Waals surface area contributed by atoms with Crippen LogP contribution in [-0.4, -0.2) is 40.7 Å². The molecular formula is C28H26N2O4S2. The number of carbonyl (C=O) groups excluding carboxylic acids is 3. The van der Waals surface area contributed by atoms with E-state index < -0.39 is 5.97 Å². The van der Waals surface area contributed by atoms with E-state index in [4.69, 9.17) is 17.0 Å². The van der Waals surface area contributed by atoms with Crippen molar-refractivity contribution >= 4 is 68.6 Å². The number of methoxy groups -OCH3 is 1. The highest BCUT2D eigenvalue weighted by atomic mass is 32.2. The van der Waals surface area contributed by atoms with Gasteiger partial charge < -0.3 is 10.1 Å². The van der Waals surface area contributed by atoms with Crippen molar-refractivity contribution in [1.82, 2.24) is 4.90 Å². The van der Waals surface area contributed by atoms with Crippen LogP contribution in [-0.2, 0) is 14.3 Å². The molecule has 1 fully saturated rings. The van der Waals surface area contributed by atoms with Crippen molar-refractivity contribution in [1.29, 1.82) is 0 Å². The quantitative estimate of drug-likeness (QED) is 0.161. The van der Waals surface area contributed by atoms with Crippen LogP contribution in [0.1, 0.15) is 41.6 Å². The number of nitrogens with zero attached hydrogens (tertiary/aromatic N) is 1. The Balaban J connectivity index is 1.21. The molecule has 0 unspecified atom stereocenters. The number of nitrogens with one attached hydrogen (secondary N) is 1. The smallest absolute Gasteiger partial charge is 0.337 e. The molecule has 184 valence electrons. The molecule has 1 aliphatic rings. The summed E-state index contributed by atoms with van der Waals surface area (Å²) < 4.78 is 5.24. The minimum Gasteiger partial charge on any atom is -0.465 e. The fourth-order valence-electron chi connectivity index (χ4n) is 3.90. The van der Waals surface area contributed by atoms with E-state index in [1.54, 1.807) is 35.2 Å². The zero-order valence-electron chi connectivity index (χ0n) is 19.9. The van der Waals surface area contributed by atoms with Crippen LogP contribution >= 0.6 is 24.0 Å². The van der Waals surface area contributed by atoms with Crippen molar-refractivity contribution in [2.24, 2.45) is 0 Å². The molecular weight excluding hydrogens is 492 g/mol. The molecule has 1 N–H and O–H groups in total. The van der Waals surface area contributed by atoms with E-state index in [-0.39, 0.29) is 11.8 Å². The first-order valence-electron chi connectivity index (χ1n) is 11.7. The van der Waals surface area contributed by atoms with E-state index in [9.17, 15) is 14.4 Å². The summed E-state index contributed by atoms with van der Waals surface area (Å²) in [5, 5.41) is 5.19. The number of fused-ring (bicyclic) bond motifs is 1. The third kappa shape index (κ3) is 6.38. The fraction of sp³-hybridized carbons (Fsp3) is 0.214. The maximum absolute atomic E-state index is 12.8. The Morgan fingerprint density at radius 3 is 2.50 bits per heavy atom. The Morgan fingerprint density at radius 2 is 1.75 bits per heavy atom.